The van der Waals surface area contributed by atoms with Crippen LogP contribution in [0.3, 0.4) is 0 Å². The Hall–Kier alpha value is -4.18. The van der Waals surface area contributed by atoms with Gasteiger partial charge in [0, 0.05) is 51.5 Å². The fourth-order valence-electron chi connectivity index (χ4n) is 5.24. The fourth-order valence-corrected chi connectivity index (χ4v) is 5.59. The number of esters is 2. The zero-order chi connectivity index (χ0) is 29.0. The van der Waals surface area contributed by atoms with Crippen LogP contribution in [0.2, 0.25) is 10.0 Å². The number of carbonyl (C=O) groups excluding carboxylic acids is 2. The van der Waals surface area contributed by atoms with Crippen molar-refractivity contribution in [2.45, 2.75) is 25.2 Å². The molecule has 2 aromatic carbocycles. The number of aromatic nitrogens is 4. The first-order chi connectivity index (χ1) is 19.6. The third kappa shape index (κ3) is 4.86. The van der Waals surface area contributed by atoms with Crippen molar-refractivity contribution in [1.29, 1.82) is 0 Å². The van der Waals surface area contributed by atoms with E-state index in [9.17, 15) is 14.7 Å². The molecule has 0 radical (unpaired) electrons. The molecule has 6 rings (SSSR count). The summed E-state index contributed by atoms with van der Waals surface area (Å²) in [7, 11) is 1.80. The first-order valence-electron chi connectivity index (χ1n) is 12.8. The number of aromatic amines is 1. The number of cyclic esters (lactones) is 2. The van der Waals surface area contributed by atoms with Crippen LogP contribution in [0.1, 0.15) is 30.3 Å². The number of aryl methyl sites for hydroxylation is 1. The van der Waals surface area contributed by atoms with Gasteiger partial charge in [-0.1, -0.05) is 53.5 Å². The first kappa shape index (κ1) is 27.0. The molecule has 4 unspecified atom stereocenters. The van der Waals surface area contributed by atoms with Gasteiger partial charge < -0.3 is 14.6 Å². The molecule has 208 valence electrons. The number of aliphatic hydroxyl groups excluding tert-OH is 1. The van der Waals surface area contributed by atoms with Gasteiger partial charge in [0.15, 0.2) is 6.10 Å². The molecule has 9 nitrogen and oxygen atoms in total. The first-order valence-corrected chi connectivity index (χ1v) is 13.5. The molecule has 2 aromatic heterocycles. The summed E-state index contributed by atoms with van der Waals surface area (Å²) in [4.78, 5) is 25.1. The number of carbonyl (C=O) groups is 2. The number of hydrogen-bond acceptors (Lipinski definition) is 6. The molecule has 0 bridgehead atoms. The molecule has 4 atom stereocenters. The highest BCUT2D eigenvalue weighted by Gasteiger charge is 2.43. The summed E-state index contributed by atoms with van der Waals surface area (Å²) in [5.41, 5.74) is 4.83. The van der Waals surface area contributed by atoms with Gasteiger partial charge in [-0.25, -0.2) is 9.59 Å². The molecule has 2 saturated heterocycles. The van der Waals surface area contributed by atoms with Crippen LogP contribution < -0.4 is 4.68 Å². The third-order valence-corrected chi connectivity index (χ3v) is 7.94. The Morgan fingerprint density at radius 1 is 1.02 bits per heavy atom. The van der Waals surface area contributed by atoms with Gasteiger partial charge in [-0.3, -0.25) is 4.68 Å². The smallest absolute Gasteiger partial charge is 0.343 e. The van der Waals surface area contributed by atoms with Gasteiger partial charge >= 0.3 is 11.9 Å². The van der Waals surface area contributed by atoms with Crippen molar-refractivity contribution in [3.63, 3.8) is 0 Å². The van der Waals surface area contributed by atoms with E-state index in [2.05, 4.69) is 16.8 Å². The van der Waals surface area contributed by atoms with E-state index < -0.39 is 30.3 Å². The maximum atomic E-state index is 12.9. The molecule has 2 aliphatic heterocycles. The van der Waals surface area contributed by atoms with Crippen LogP contribution in [0.15, 0.2) is 78.9 Å². The SMILES string of the molecule is C=C1C(=O)OC(c2ccc(Cl)cc2-c2c[nH][n+](C=C3C(=O)OC(c4ccc(Cl)cc4-c4cnn(C)c4)C3O)c2)C1C. The average molecular weight is 592 g/mol. The molecule has 4 heterocycles. The number of rotatable bonds is 5. The predicted octanol–water partition coefficient (Wildman–Crippen LogP) is 4.97. The van der Waals surface area contributed by atoms with Crippen molar-refractivity contribution in [2.24, 2.45) is 13.0 Å². The molecule has 2 N–H and O–H groups in total. The molecule has 11 heteroatoms. The van der Waals surface area contributed by atoms with Gasteiger partial charge in [-0.05, 0) is 35.4 Å². The van der Waals surface area contributed by atoms with Crippen LogP contribution in [0.5, 0.6) is 0 Å². The number of halogens is 2. The standard InChI is InChI=1S/C30H24Cl2N4O5/c1-15-16(2)29(38)40-27(15)21-6-4-19(31)9-24(21)18-11-34-36(13-18)14-25-26(37)28(41-30(25)39)22-7-5-20(32)8-23(22)17-10-33-35(3)12-17/h4-15,26-28,37H,2H2,1,3H3/p+1. The number of ether oxygens (including phenoxy) is 2. The number of hydrogen-bond donors (Lipinski definition) is 2. The Morgan fingerprint density at radius 2 is 1.66 bits per heavy atom. The molecule has 0 saturated carbocycles. The fraction of sp³-hybridized carbons (Fsp3) is 0.200. The van der Waals surface area contributed by atoms with Crippen molar-refractivity contribution in [1.82, 2.24) is 14.9 Å². The number of benzene rings is 2. The molecule has 4 aromatic rings. The topological polar surface area (TPSA) is 110 Å². The molecular formula is C30H25Cl2N4O5+. The third-order valence-electron chi connectivity index (χ3n) is 7.47. The Morgan fingerprint density at radius 3 is 2.27 bits per heavy atom. The molecule has 41 heavy (non-hydrogen) atoms. The summed E-state index contributed by atoms with van der Waals surface area (Å²) in [6, 6.07) is 10.5. The second-order valence-electron chi connectivity index (χ2n) is 10.1. The van der Waals surface area contributed by atoms with Crippen molar-refractivity contribution < 1.29 is 28.9 Å². The number of H-pyrrole nitrogens is 1. The largest absolute Gasteiger partial charge is 0.453 e. The molecule has 0 spiro atoms. The van der Waals surface area contributed by atoms with Crippen molar-refractivity contribution in [3.8, 4) is 22.3 Å². The van der Waals surface area contributed by atoms with Crippen LogP contribution in [0, 0.1) is 5.92 Å². The lowest BCUT2D eigenvalue weighted by molar-refractivity contribution is -0.629. The van der Waals surface area contributed by atoms with Gasteiger partial charge in [-0.15, -0.1) is 0 Å². The highest BCUT2D eigenvalue weighted by molar-refractivity contribution is 6.31. The van der Waals surface area contributed by atoms with Gasteiger partial charge in [0.25, 0.3) is 0 Å². The van der Waals surface area contributed by atoms with E-state index in [1.54, 1.807) is 65.3 Å². The summed E-state index contributed by atoms with van der Waals surface area (Å²) in [6.07, 6.45) is 5.76. The highest BCUT2D eigenvalue weighted by atomic mass is 35.5. The minimum absolute atomic E-state index is 0.0708. The van der Waals surface area contributed by atoms with Crippen molar-refractivity contribution >= 4 is 41.3 Å². The van der Waals surface area contributed by atoms with Crippen molar-refractivity contribution in [3.05, 3.63) is 100 Å². The number of nitrogens with zero attached hydrogens (tertiary/aromatic N) is 3. The van der Waals surface area contributed by atoms with Gasteiger partial charge in [0.1, 0.15) is 17.8 Å². The maximum absolute atomic E-state index is 12.9. The van der Waals surface area contributed by atoms with Crippen LogP contribution in [-0.2, 0) is 26.1 Å². The lowest BCUT2D eigenvalue weighted by Crippen LogP contribution is -2.29. The van der Waals surface area contributed by atoms with E-state index in [0.29, 0.717) is 26.7 Å². The summed E-state index contributed by atoms with van der Waals surface area (Å²) in [6.45, 7) is 5.74. The van der Waals surface area contributed by atoms with Crippen LogP contribution in [0.4, 0.5) is 0 Å². The molecule has 2 aliphatic rings. The maximum Gasteiger partial charge on any atom is 0.343 e. The number of nitrogens with one attached hydrogen (secondary N) is 1. The monoisotopic (exact) mass is 591 g/mol. The van der Waals surface area contributed by atoms with Gasteiger partial charge in [-0.2, -0.15) is 10.2 Å². The van der Waals surface area contributed by atoms with E-state index in [1.165, 1.54) is 6.20 Å². The van der Waals surface area contributed by atoms with Crippen molar-refractivity contribution in [2.75, 3.05) is 0 Å². The van der Waals surface area contributed by atoms with Crippen LogP contribution >= 0.6 is 23.2 Å². The zero-order valence-electron chi connectivity index (χ0n) is 22.0. The van der Waals surface area contributed by atoms with Crippen LogP contribution in [0.25, 0.3) is 28.5 Å². The van der Waals surface area contributed by atoms with E-state index >= 15 is 0 Å². The van der Waals surface area contributed by atoms with E-state index in [0.717, 1.165) is 22.3 Å². The Labute approximate surface area is 245 Å². The van der Waals surface area contributed by atoms with E-state index in [4.69, 9.17) is 32.7 Å². The molecule has 0 aliphatic carbocycles. The number of aliphatic hydroxyl groups is 1. The summed E-state index contributed by atoms with van der Waals surface area (Å²) < 4.78 is 14.5. The summed E-state index contributed by atoms with van der Waals surface area (Å²) >= 11 is 12.6. The summed E-state index contributed by atoms with van der Waals surface area (Å²) in [5, 5.41) is 19.5. The van der Waals surface area contributed by atoms with Crippen LogP contribution in [-0.4, -0.2) is 38.0 Å². The second-order valence-corrected chi connectivity index (χ2v) is 11.0. The minimum Gasteiger partial charge on any atom is -0.453 e. The minimum atomic E-state index is -1.25. The van der Waals surface area contributed by atoms with E-state index in [-0.39, 0.29) is 11.5 Å². The van der Waals surface area contributed by atoms with E-state index in [1.807, 2.05) is 19.2 Å². The molecular weight excluding hydrogens is 567 g/mol. The average Bonchev–Trinajstić information content (AvgIpc) is 3.71. The highest BCUT2D eigenvalue weighted by Crippen LogP contribution is 2.43. The molecule has 0 amide bonds. The normalized spacial score (nSPS) is 23.3. The zero-order valence-corrected chi connectivity index (χ0v) is 23.6. The Bertz CT molecular complexity index is 1760. The summed E-state index contributed by atoms with van der Waals surface area (Å²) in [5.74, 6) is -1.28. The quantitative estimate of drug-likeness (QED) is 0.193. The second kappa shape index (κ2) is 10.3. The predicted molar refractivity (Wildman–Crippen MR) is 151 cm³/mol. The van der Waals surface area contributed by atoms with Gasteiger partial charge in [0.05, 0.1) is 18.0 Å². The Balaban J connectivity index is 1.32. The Kier molecular flexibility index (Phi) is 6.81. The lowest BCUT2D eigenvalue weighted by atomic mass is 9.90. The van der Waals surface area contributed by atoms with Gasteiger partial charge in [0.2, 0.25) is 12.4 Å². The lowest BCUT2D eigenvalue weighted by Gasteiger charge is -2.17. The molecule has 2 fully saturated rings.